The van der Waals surface area contributed by atoms with Crippen LogP contribution < -0.4 is 4.72 Å². The Balaban J connectivity index is 2.37. The van der Waals surface area contributed by atoms with Crippen molar-refractivity contribution in [3.63, 3.8) is 0 Å². The molecule has 124 valence electrons. The molecule has 8 heteroatoms. The van der Waals surface area contributed by atoms with E-state index in [-0.39, 0.29) is 5.56 Å². The van der Waals surface area contributed by atoms with Crippen LogP contribution in [-0.2, 0) is 24.0 Å². The van der Waals surface area contributed by atoms with Gasteiger partial charge in [-0.2, -0.15) is 13.1 Å². The first-order chi connectivity index (χ1) is 10.4. The molecule has 6 nitrogen and oxygen atoms in total. The summed E-state index contributed by atoms with van der Waals surface area (Å²) in [6.45, 7) is 3.69. The van der Waals surface area contributed by atoms with E-state index in [1.807, 2.05) is 18.6 Å². The first kappa shape index (κ1) is 17.3. The number of nitrogens with one attached hydrogen (secondary N) is 1. The van der Waals surface area contributed by atoms with Crippen molar-refractivity contribution in [1.29, 1.82) is 0 Å². The number of halogens is 1. The summed E-state index contributed by atoms with van der Waals surface area (Å²) in [6.07, 6.45) is -1.26. The van der Waals surface area contributed by atoms with Gasteiger partial charge in [0.05, 0.1) is 0 Å². The molecule has 22 heavy (non-hydrogen) atoms. The number of benzene rings is 1. The number of hydrogen-bond acceptors (Lipinski definition) is 5. The van der Waals surface area contributed by atoms with Gasteiger partial charge in [0.2, 0.25) is 6.29 Å². The second-order valence-electron chi connectivity index (χ2n) is 4.92. The minimum Gasteiger partial charge on any atom is -0.336 e. The van der Waals surface area contributed by atoms with E-state index >= 15 is 0 Å². The van der Waals surface area contributed by atoms with Crippen LogP contribution in [0.25, 0.3) is 0 Å². The number of ether oxygens (including phenoxy) is 2. The SMILES string of the molecule is CCC1(CC)OC(OS(=O)(=O)NC)C(c2ccccc2F)O1. The van der Waals surface area contributed by atoms with Crippen LogP contribution in [0.2, 0.25) is 0 Å². The molecule has 1 aromatic carbocycles. The molecule has 0 spiro atoms. The number of rotatable bonds is 6. The van der Waals surface area contributed by atoms with Crippen LogP contribution in [0.3, 0.4) is 0 Å². The smallest absolute Gasteiger partial charge is 0.336 e. The normalized spacial score (nSPS) is 24.5. The molecule has 1 aromatic rings. The third-order valence-corrected chi connectivity index (χ3v) is 4.62. The Bertz CT molecular complexity index is 617. The van der Waals surface area contributed by atoms with Gasteiger partial charge in [-0.1, -0.05) is 32.0 Å². The van der Waals surface area contributed by atoms with Crippen molar-refractivity contribution in [2.75, 3.05) is 7.05 Å². The van der Waals surface area contributed by atoms with Crippen LogP contribution in [0.4, 0.5) is 4.39 Å². The van der Waals surface area contributed by atoms with Crippen LogP contribution in [-0.4, -0.2) is 27.5 Å². The molecule has 0 aromatic heterocycles. The molecule has 1 aliphatic rings. The maximum Gasteiger partial charge on any atom is 0.338 e. The highest BCUT2D eigenvalue weighted by Crippen LogP contribution is 2.43. The van der Waals surface area contributed by atoms with Gasteiger partial charge in [-0.15, -0.1) is 0 Å². The average molecular weight is 333 g/mol. The average Bonchev–Trinajstić information content (AvgIpc) is 2.86. The first-order valence-corrected chi connectivity index (χ1v) is 8.49. The zero-order chi connectivity index (χ0) is 16.4. The maximum absolute atomic E-state index is 14.0. The lowest BCUT2D eigenvalue weighted by Gasteiger charge is -2.24. The van der Waals surface area contributed by atoms with Crippen molar-refractivity contribution in [1.82, 2.24) is 4.72 Å². The fraction of sp³-hybridized carbons (Fsp3) is 0.571. The summed E-state index contributed by atoms with van der Waals surface area (Å²) in [5, 5.41) is 0. The van der Waals surface area contributed by atoms with Gasteiger partial charge < -0.3 is 9.47 Å². The van der Waals surface area contributed by atoms with Gasteiger partial charge in [0.1, 0.15) is 11.9 Å². The van der Waals surface area contributed by atoms with Crippen LogP contribution in [0, 0.1) is 5.82 Å². The Labute approximate surface area is 129 Å². The Hall–Kier alpha value is -1.06. The second-order valence-corrected chi connectivity index (χ2v) is 6.43. The Morgan fingerprint density at radius 3 is 2.45 bits per heavy atom. The largest absolute Gasteiger partial charge is 0.338 e. The van der Waals surface area contributed by atoms with E-state index in [4.69, 9.17) is 13.7 Å². The number of hydrogen-bond donors (Lipinski definition) is 1. The second kappa shape index (κ2) is 6.59. The first-order valence-electron chi connectivity index (χ1n) is 7.08. The molecular weight excluding hydrogens is 313 g/mol. The minimum absolute atomic E-state index is 0.197. The zero-order valence-corrected chi connectivity index (χ0v) is 13.5. The van der Waals surface area contributed by atoms with Gasteiger partial charge >= 0.3 is 10.3 Å². The Morgan fingerprint density at radius 1 is 1.27 bits per heavy atom. The van der Waals surface area contributed by atoms with E-state index in [0.29, 0.717) is 12.8 Å². The Kier molecular flexibility index (Phi) is 5.18. The molecule has 2 rings (SSSR count). The lowest BCUT2D eigenvalue weighted by Crippen LogP contribution is -2.32. The van der Waals surface area contributed by atoms with Gasteiger partial charge in [0.15, 0.2) is 5.79 Å². The summed E-state index contributed by atoms with van der Waals surface area (Å²) in [6, 6.07) is 5.98. The fourth-order valence-corrected chi connectivity index (χ4v) is 2.82. The van der Waals surface area contributed by atoms with E-state index in [0.717, 1.165) is 0 Å². The summed E-state index contributed by atoms with van der Waals surface area (Å²) < 4.78 is 55.8. The van der Waals surface area contributed by atoms with Crippen molar-refractivity contribution in [3.8, 4) is 0 Å². The standard InChI is InChI=1S/C14H20FNO5S/c1-4-14(5-2)19-12(10-8-6-7-9-11(10)15)13(20-14)21-22(17,18)16-3/h6-9,12-13,16H,4-5H2,1-3H3. The highest BCUT2D eigenvalue weighted by Gasteiger charge is 2.49. The Morgan fingerprint density at radius 2 is 1.91 bits per heavy atom. The van der Waals surface area contributed by atoms with Crippen molar-refractivity contribution >= 4 is 10.3 Å². The molecule has 1 fully saturated rings. The molecule has 1 aliphatic heterocycles. The van der Waals surface area contributed by atoms with E-state index in [9.17, 15) is 12.8 Å². The maximum atomic E-state index is 14.0. The highest BCUT2D eigenvalue weighted by atomic mass is 32.2. The molecule has 0 radical (unpaired) electrons. The summed E-state index contributed by atoms with van der Waals surface area (Å²) in [4.78, 5) is 0. The van der Waals surface area contributed by atoms with Gasteiger partial charge in [-0.25, -0.2) is 8.57 Å². The monoisotopic (exact) mass is 333 g/mol. The van der Waals surface area contributed by atoms with E-state index in [1.54, 1.807) is 12.1 Å². The lowest BCUT2D eigenvalue weighted by molar-refractivity contribution is -0.197. The molecule has 1 heterocycles. The van der Waals surface area contributed by atoms with E-state index in [2.05, 4.69) is 0 Å². The summed E-state index contributed by atoms with van der Waals surface area (Å²) in [7, 11) is -2.78. The van der Waals surface area contributed by atoms with Crippen LogP contribution in [0.15, 0.2) is 24.3 Å². The molecule has 2 unspecified atom stereocenters. The summed E-state index contributed by atoms with van der Waals surface area (Å²) in [5.41, 5.74) is 0.197. The van der Waals surface area contributed by atoms with Gasteiger partial charge in [-0.05, 0) is 18.9 Å². The van der Waals surface area contributed by atoms with Gasteiger partial charge in [0, 0.05) is 12.6 Å². The van der Waals surface area contributed by atoms with Crippen molar-refractivity contribution in [3.05, 3.63) is 35.6 Å². The lowest BCUT2D eigenvalue weighted by atomic mass is 10.1. The van der Waals surface area contributed by atoms with Crippen molar-refractivity contribution in [2.45, 2.75) is 44.9 Å². The summed E-state index contributed by atoms with van der Waals surface area (Å²) in [5.74, 6) is -1.50. The van der Waals surface area contributed by atoms with Crippen molar-refractivity contribution < 1.29 is 26.5 Å². The molecule has 0 amide bonds. The predicted molar refractivity (Wildman–Crippen MR) is 77.5 cm³/mol. The molecule has 1 N–H and O–H groups in total. The quantitative estimate of drug-likeness (QED) is 0.864. The van der Waals surface area contributed by atoms with Gasteiger partial charge in [0.25, 0.3) is 0 Å². The molecule has 1 saturated heterocycles. The molecule has 0 bridgehead atoms. The predicted octanol–water partition coefficient (Wildman–Crippen LogP) is 2.24. The summed E-state index contributed by atoms with van der Waals surface area (Å²) >= 11 is 0. The fourth-order valence-electron chi connectivity index (χ4n) is 2.33. The van der Waals surface area contributed by atoms with E-state index < -0.39 is 34.3 Å². The molecular formula is C14H20FNO5S. The van der Waals surface area contributed by atoms with Crippen LogP contribution >= 0.6 is 0 Å². The van der Waals surface area contributed by atoms with E-state index in [1.165, 1.54) is 19.2 Å². The molecule has 2 atom stereocenters. The van der Waals surface area contributed by atoms with Crippen LogP contribution in [0.1, 0.15) is 38.4 Å². The topological polar surface area (TPSA) is 73.9 Å². The highest BCUT2D eigenvalue weighted by molar-refractivity contribution is 7.84. The minimum atomic E-state index is -4.00. The van der Waals surface area contributed by atoms with Crippen molar-refractivity contribution in [2.24, 2.45) is 0 Å². The van der Waals surface area contributed by atoms with Gasteiger partial charge in [-0.3, -0.25) is 0 Å². The molecule has 0 saturated carbocycles. The van der Waals surface area contributed by atoms with Crippen LogP contribution in [0.5, 0.6) is 0 Å². The molecule has 0 aliphatic carbocycles. The third kappa shape index (κ3) is 3.47. The zero-order valence-electron chi connectivity index (χ0n) is 12.7. The third-order valence-electron chi connectivity index (χ3n) is 3.68.